The van der Waals surface area contributed by atoms with E-state index in [1.165, 1.54) is 0 Å². The van der Waals surface area contributed by atoms with E-state index in [1.54, 1.807) is 6.26 Å². The zero-order chi connectivity index (χ0) is 14.8. The second-order valence-corrected chi connectivity index (χ2v) is 6.12. The minimum absolute atomic E-state index is 0.166. The van der Waals surface area contributed by atoms with Gasteiger partial charge in [0.25, 0.3) is 0 Å². The number of carboxylic acids is 1. The molecule has 0 amide bonds. The first-order valence-corrected chi connectivity index (χ1v) is 7.73. The lowest BCUT2D eigenvalue weighted by Crippen LogP contribution is -2.39. The molecule has 110 valence electrons. The van der Waals surface area contributed by atoms with Gasteiger partial charge in [0.2, 0.25) is 0 Å². The van der Waals surface area contributed by atoms with Gasteiger partial charge in [0, 0.05) is 11.0 Å². The van der Waals surface area contributed by atoms with Crippen LogP contribution in [-0.2, 0) is 4.79 Å². The molecule has 1 N–H and O–H groups in total. The summed E-state index contributed by atoms with van der Waals surface area (Å²) in [4.78, 5) is 13.5. The lowest BCUT2D eigenvalue weighted by molar-refractivity contribution is -0.142. The largest absolute Gasteiger partial charge is 0.480 e. The normalized spacial score (nSPS) is 20.5. The predicted molar refractivity (Wildman–Crippen MR) is 82.1 cm³/mol. The van der Waals surface area contributed by atoms with Gasteiger partial charge in [-0.05, 0) is 42.7 Å². The van der Waals surface area contributed by atoms with Crippen LogP contribution in [0.3, 0.4) is 0 Å². The minimum Gasteiger partial charge on any atom is -0.480 e. The molecule has 0 radical (unpaired) electrons. The summed E-state index contributed by atoms with van der Waals surface area (Å²) in [5.74, 6) is 0.0142. The topological polar surface area (TPSA) is 53.7 Å². The third kappa shape index (κ3) is 2.89. The van der Waals surface area contributed by atoms with Crippen LogP contribution in [0, 0.1) is 0 Å². The Balaban J connectivity index is 2.03. The number of halogens is 1. The van der Waals surface area contributed by atoms with Crippen LogP contribution in [0.15, 0.2) is 51.6 Å². The Kier molecular flexibility index (Phi) is 4.12. The van der Waals surface area contributed by atoms with E-state index < -0.39 is 12.0 Å². The molecular formula is C16H16BrNO3. The molecule has 0 aliphatic carbocycles. The predicted octanol–water partition coefficient (Wildman–Crippen LogP) is 3.68. The molecule has 1 aromatic carbocycles. The molecule has 21 heavy (non-hydrogen) atoms. The number of likely N-dealkylation sites (tertiary alicyclic amines) is 1. The van der Waals surface area contributed by atoms with E-state index in [1.807, 2.05) is 41.3 Å². The minimum atomic E-state index is -0.765. The molecule has 2 aromatic rings. The van der Waals surface area contributed by atoms with Gasteiger partial charge in [0.05, 0.1) is 12.3 Å². The number of aliphatic carboxylic acids is 1. The first kappa shape index (κ1) is 14.4. The molecular weight excluding hydrogens is 334 g/mol. The van der Waals surface area contributed by atoms with Crippen LogP contribution in [-0.4, -0.2) is 28.6 Å². The molecule has 1 aromatic heterocycles. The summed E-state index contributed by atoms with van der Waals surface area (Å²) in [6.45, 7) is 0.759. The Morgan fingerprint density at radius 1 is 1.38 bits per heavy atom. The average Bonchev–Trinajstić information content (AvgIpc) is 3.10. The molecule has 2 atom stereocenters. The second kappa shape index (κ2) is 6.03. The third-order valence-electron chi connectivity index (χ3n) is 3.89. The first-order valence-electron chi connectivity index (χ1n) is 6.94. The monoisotopic (exact) mass is 349 g/mol. The number of hydrogen-bond acceptors (Lipinski definition) is 3. The molecule has 1 aliphatic heterocycles. The van der Waals surface area contributed by atoms with Gasteiger partial charge in [-0.1, -0.05) is 28.1 Å². The zero-order valence-electron chi connectivity index (χ0n) is 11.4. The maximum Gasteiger partial charge on any atom is 0.320 e. The summed E-state index contributed by atoms with van der Waals surface area (Å²) in [7, 11) is 0. The summed E-state index contributed by atoms with van der Waals surface area (Å²) in [5.41, 5.74) is 1.03. The fraction of sp³-hybridized carbons (Fsp3) is 0.312. The Hall–Kier alpha value is -1.59. The van der Waals surface area contributed by atoms with Crippen molar-refractivity contribution in [2.24, 2.45) is 0 Å². The Labute approximate surface area is 131 Å². The molecule has 0 saturated carbocycles. The molecule has 1 saturated heterocycles. The van der Waals surface area contributed by atoms with Crippen molar-refractivity contribution in [3.8, 4) is 0 Å². The number of nitrogens with zero attached hydrogens (tertiary/aromatic N) is 1. The van der Waals surface area contributed by atoms with E-state index in [4.69, 9.17) is 4.42 Å². The van der Waals surface area contributed by atoms with Crippen LogP contribution >= 0.6 is 15.9 Å². The van der Waals surface area contributed by atoms with Gasteiger partial charge in [-0.15, -0.1) is 0 Å². The molecule has 0 spiro atoms. The zero-order valence-corrected chi connectivity index (χ0v) is 13.0. The summed E-state index contributed by atoms with van der Waals surface area (Å²) >= 11 is 3.48. The van der Waals surface area contributed by atoms with E-state index in [0.717, 1.165) is 28.8 Å². The van der Waals surface area contributed by atoms with E-state index in [9.17, 15) is 9.90 Å². The van der Waals surface area contributed by atoms with Gasteiger partial charge in [-0.25, -0.2) is 0 Å². The van der Waals surface area contributed by atoms with E-state index >= 15 is 0 Å². The van der Waals surface area contributed by atoms with Crippen LogP contribution in [0.2, 0.25) is 0 Å². The molecule has 0 bridgehead atoms. The van der Waals surface area contributed by atoms with Crippen LogP contribution in [0.25, 0.3) is 0 Å². The maximum absolute atomic E-state index is 11.5. The summed E-state index contributed by atoms with van der Waals surface area (Å²) in [6, 6.07) is 11.1. The van der Waals surface area contributed by atoms with Crippen molar-refractivity contribution in [1.82, 2.24) is 4.90 Å². The van der Waals surface area contributed by atoms with Crippen molar-refractivity contribution in [3.05, 3.63) is 58.5 Å². The van der Waals surface area contributed by atoms with Crippen LogP contribution in [0.4, 0.5) is 0 Å². The number of benzene rings is 1. The fourth-order valence-electron chi connectivity index (χ4n) is 3.01. The van der Waals surface area contributed by atoms with Gasteiger partial charge in [-0.3, -0.25) is 9.69 Å². The molecule has 1 aliphatic rings. The van der Waals surface area contributed by atoms with Gasteiger partial charge < -0.3 is 9.52 Å². The fourth-order valence-corrected chi connectivity index (χ4v) is 3.42. The van der Waals surface area contributed by atoms with E-state index in [-0.39, 0.29) is 6.04 Å². The van der Waals surface area contributed by atoms with E-state index in [2.05, 4.69) is 15.9 Å². The second-order valence-electron chi connectivity index (χ2n) is 5.21. The van der Waals surface area contributed by atoms with Gasteiger partial charge in [-0.2, -0.15) is 0 Å². The first-order chi connectivity index (χ1) is 10.2. The molecule has 4 nitrogen and oxygen atoms in total. The van der Waals surface area contributed by atoms with Crippen molar-refractivity contribution in [3.63, 3.8) is 0 Å². The standard InChI is InChI=1S/C16H16BrNO3/c17-12-5-1-4-11(10-12)15(14-7-3-9-21-14)18-8-2-6-13(18)16(19)20/h1,3-5,7,9-10,13,15H,2,6,8H2,(H,19,20). The molecule has 2 unspecified atom stereocenters. The Morgan fingerprint density at radius 2 is 2.24 bits per heavy atom. The highest BCUT2D eigenvalue weighted by atomic mass is 79.9. The highest BCUT2D eigenvalue weighted by molar-refractivity contribution is 9.10. The van der Waals surface area contributed by atoms with Crippen molar-refractivity contribution < 1.29 is 14.3 Å². The highest BCUT2D eigenvalue weighted by Crippen LogP contribution is 2.35. The van der Waals surface area contributed by atoms with Gasteiger partial charge >= 0.3 is 5.97 Å². The highest BCUT2D eigenvalue weighted by Gasteiger charge is 2.37. The van der Waals surface area contributed by atoms with Crippen LogP contribution in [0.1, 0.15) is 30.2 Å². The number of furan rings is 1. The van der Waals surface area contributed by atoms with Crippen molar-refractivity contribution >= 4 is 21.9 Å². The number of carboxylic acid groups (broad SMARTS) is 1. The van der Waals surface area contributed by atoms with Gasteiger partial charge in [0.1, 0.15) is 11.8 Å². The average molecular weight is 350 g/mol. The van der Waals surface area contributed by atoms with Crippen molar-refractivity contribution in [2.75, 3.05) is 6.54 Å². The molecule has 2 heterocycles. The summed E-state index contributed by atoms with van der Waals surface area (Å²) < 4.78 is 6.56. The summed E-state index contributed by atoms with van der Waals surface area (Å²) in [5, 5.41) is 9.45. The SMILES string of the molecule is O=C(O)C1CCCN1C(c1cccc(Br)c1)c1ccco1. The number of carbonyl (C=O) groups is 1. The smallest absolute Gasteiger partial charge is 0.320 e. The number of rotatable bonds is 4. The van der Waals surface area contributed by atoms with Crippen molar-refractivity contribution in [1.29, 1.82) is 0 Å². The van der Waals surface area contributed by atoms with Crippen LogP contribution < -0.4 is 0 Å². The maximum atomic E-state index is 11.5. The van der Waals surface area contributed by atoms with Crippen LogP contribution in [0.5, 0.6) is 0 Å². The lowest BCUT2D eigenvalue weighted by atomic mass is 10.0. The van der Waals surface area contributed by atoms with Crippen molar-refractivity contribution in [2.45, 2.75) is 24.9 Å². The molecule has 1 fully saturated rings. The van der Waals surface area contributed by atoms with Gasteiger partial charge in [0.15, 0.2) is 0 Å². The molecule has 3 rings (SSSR count). The number of hydrogen-bond donors (Lipinski definition) is 1. The Morgan fingerprint density at radius 3 is 2.90 bits per heavy atom. The molecule has 5 heteroatoms. The summed E-state index contributed by atoms with van der Waals surface area (Å²) in [6.07, 6.45) is 3.20. The van der Waals surface area contributed by atoms with E-state index in [0.29, 0.717) is 6.42 Å². The lowest BCUT2D eigenvalue weighted by Gasteiger charge is -2.30. The Bertz CT molecular complexity index is 626. The third-order valence-corrected chi connectivity index (χ3v) is 4.38. The quantitative estimate of drug-likeness (QED) is 0.914.